The van der Waals surface area contributed by atoms with Crippen molar-refractivity contribution in [2.75, 3.05) is 68.5 Å². The van der Waals surface area contributed by atoms with E-state index < -0.39 is 0 Å². The van der Waals surface area contributed by atoms with E-state index in [4.69, 9.17) is 4.74 Å². The van der Waals surface area contributed by atoms with Gasteiger partial charge in [-0.15, -0.1) is 0 Å². The van der Waals surface area contributed by atoms with E-state index in [1.54, 1.807) is 12.0 Å². The van der Waals surface area contributed by atoms with Gasteiger partial charge in [0.25, 0.3) is 0 Å². The van der Waals surface area contributed by atoms with Crippen LogP contribution < -0.4 is 15.5 Å². The van der Waals surface area contributed by atoms with Crippen molar-refractivity contribution < 1.29 is 19.1 Å². The van der Waals surface area contributed by atoms with E-state index in [9.17, 15) is 14.4 Å². The Hall–Kier alpha value is -3.59. The maximum absolute atomic E-state index is 12.9. The van der Waals surface area contributed by atoms with Gasteiger partial charge in [0, 0.05) is 62.8 Å². The summed E-state index contributed by atoms with van der Waals surface area (Å²) in [4.78, 5) is 43.9. The summed E-state index contributed by atoms with van der Waals surface area (Å²) < 4.78 is 5.15. The number of rotatable bonds is 9. The second-order valence-corrected chi connectivity index (χ2v) is 10.1. The van der Waals surface area contributed by atoms with Crippen molar-refractivity contribution >= 4 is 34.9 Å². The summed E-state index contributed by atoms with van der Waals surface area (Å²) in [6, 6.07) is 15.4. The van der Waals surface area contributed by atoms with Crippen LogP contribution in [-0.4, -0.2) is 80.6 Å². The predicted molar refractivity (Wildman–Crippen MR) is 149 cm³/mol. The molecule has 4 rings (SSSR count). The lowest BCUT2D eigenvalue weighted by atomic mass is 10.1. The largest absolute Gasteiger partial charge is 0.383 e. The molecular weight excluding hydrogens is 482 g/mol. The third-order valence-electron chi connectivity index (χ3n) is 7.30. The molecule has 1 saturated carbocycles. The highest BCUT2D eigenvalue weighted by Crippen LogP contribution is 2.26. The molecule has 4 amide bonds. The molecule has 0 bridgehead atoms. The fourth-order valence-corrected chi connectivity index (χ4v) is 5.04. The standard InChI is InChI=1S/C29H39N5O4/c1-22-7-9-25(10-8-22)31-29(37)33-17-15-32(16-18-33)26-13-11-24(12-14-26)30-27(35)21-34(19-20-38-2)28(36)23-5-3-4-6-23/h7-14,23H,3-6,15-21H2,1-2H3,(H,30,35)(H,31,37). The Balaban J connectivity index is 1.25. The van der Waals surface area contributed by atoms with Gasteiger partial charge in [-0.3, -0.25) is 9.59 Å². The molecule has 1 heterocycles. The van der Waals surface area contributed by atoms with Gasteiger partial charge >= 0.3 is 6.03 Å². The van der Waals surface area contributed by atoms with Gasteiger partial charge in [-0.05, 0) is 56.2 Å². The first kappa shape index (κ1) is 27.4. The molecule has 0 radical (unpaired) electrons. The number of methoxy groups -OCH3 is 1. The zero-order chi connectivity index (χ0) is 26.9. The highest BCUT2D eigenvalue weighted by atomic mass is 16.5. The summed E-state index contributed by atoms with van der Waals surface area (Å²) >= 11 is 0. The minimum atomic E-state index is -0.214. The number of aryl methyl sites for hydroxylation is 1. The number of benzene rings is 2. The van der Waals surface area contributed by atoms with Crippen LogP contribution in [0, 0.1) is 12.8 Å². The average molecular weight is 522 g/mol. The van der Waals surface area contributed by atoms with Crippen LogP contribution in [0.25, 0.3) is 0 Å². The maximum atomic E-state index is 12.9. The first-order chi connectivity index (χ1) is 18.4. The van der Waals surface area contributed by atoms with Gasteiger partial charge in [-0.2, -0.15) is 0 Å². The van der Waals surface area contributed by atoms with E-state index in [1.807, 2.05) is 60.4 Å². The van der Waals surface area contributed by atoms with Gasteiger partial charge in [0.2, 0.25) is 11.8 Å². The molecule has 1 aliphatic heterocycles. The molecule has 1 saturated heterocycles. The van der Waals surface area contributed by atoms with Gasteiger partial charge < -0.3 is 30.1 Å². The van der Waals surface area contributed by atoms with E-state index in [1.165, 1.54) is 0 Å². The van der Waals surface area contributed by atoms with Crippen molar-refractivity contribution in [3.8, 4) is 0 Å². The third-order valence-corrected chi connectivity index (χ3v) is 7.30. The maximum Gasteiger partial charge on any atom is 0.321 e. The molecule has 2 fully saturated rings. The SMILES string of the molecule is COCCN(CC(=O)Nc1ccc(N2CCN(C(=O)Nc3ccc(C)cc3)CC2)cc1)C(=O)C1CCCC1. The Morgan fingerprint density at radius 3 is 2.13 bits per heavy atom. The van der Waals surface area contributed by atoms with Crippen molar-refractivity contribution in [1.29, 1.82) is 0 Å². The molecule has 2 aromatic carbocycles. The number of piperazine rings is 1. The Morgan fingerprint density at radius 2 is 1.50 bits per heavy atom. The number of ether oxygens (including phenoxy) is 1. The molecule has 0 unspecified atom stereocenters. The van der Waals surface area contributed by atoms with Crippen molar-refractivity contribution in [3.05, 3.63) is 54.1 Å². The molecule has 2 aliphatic rings. The number of hydrogen-bond donors (Lipinski definition) is 2. The highest BCUT2D eigenvalue weighted by Gasteiger charge is 2.28. The summed E-state index contributed by atoms with van der Waals surface area (Å²) in [5.41, 5.74) is 3.68. The normalized spacial score (nSPS) is 15.8. The van der Waals surface area contributed by atoms with Gasteiger partial charge in [0.05, 0.1) is 13.2 Å². The van der Waals surface area contributed by atoms with Crippen LogP contribution in [0.5, 0.6) is 0 Å². The van der Waals surface area contributed by atoms with E-state index in [0.717, 1.165) is 55.7 Å². The topological polar surface area (TPSA) is 94.2 Å². The van der Waals surface area contributed by atoms with Crippen LogP contribution in [0.1, 0.15) is 31.2 Å². The van der Waals surface area contributed by atoms with E-state index in [-0.39, 0.29) is 30.3 Å². The predicted octanol–water partition coefficient (Wildman–Crippen LogP) is 3.95. The number of amides is 4. The molecule has 2 aromatic rings. The highest BCUT2D eigenvalue weighted by molar-refractivity contribution is 5.95. The minimum absolute atomic E-state index is 0.0209. The summed E-state index contributed by atoms with van der Waals surface area (Å²) in [6.45, 7) is 5.56. The number of anilines is 3. The molecule has 1 aliphatic carbocycles. The number of carbonyl (C=O) groups is 3. The second kappa shape index (κ2) is 13.3. The van der Waals surface area contributed by atoms with Gasteiger partial charge in [0.15, 0.2) is 0 Å². The zero-order valence-corrected chi connectivity index (χ0v) is 22.4. The van der Waals surface area contributed by atoms with Gasteiger partial charge in [-0.25, -0.2) is 4.79 Å². The number of nitrogens with one attached hydrogen (secondary N) is 2. The molecule has 38 heavy (non-hydrogen) atoms. The van der Waals surface area contributed by atoms with E-state index in [0.29, 0.717) is 31.9 Å². The monoisotopic (exact) mass is 521 g/mol. The fraction of sp³-hybridized carbons (Fsp3) is 0.483. The molecule has 9 heteroatoms. The van der Waals surface area contributed by atoms with Crippen molar-refractivity contribution in [1.82, 2.24) is 9.80 Å². The molecule has 204 valence electrons. The number of hydrogen-bond acceptors (Lipinski definition) is 5. The summed E-state index contributed by atoms with van der Waals surface area (Å²) in [5, 5.41) is 5.88. The van der Waals surface area contributed by atoms with E-state index >= 15 is 0 Å². The molecule has 0 aromatic heterocycles. The van der Waals surface area contributed by atoms with Crippen molar-refractivity contribution in [2.45, 2.75) is 32.6 Å². The Bertz CT molecular complexity index is 1080. The summed E-state index contributed by atoms with van der Waals surface area (Å²) in [5.74, 6) is -0.141. The van der Waals surface area contributed by atoms with E-state index in [2.05, 4.69) is 15.5 Å². The smallest absolute Gasteiger partial charge is 0.321 e. The molecule has 0 spiro atoms. The van der Waals surface area contributed by atoms with Crippen LogP contribution in [0.4, 0.5) is 21.9 Å². The number of urea groups is 1. The molecular formula is C29H39N5O4. The zero-order valence-electron chi connectivity index (χ0n) is 22.4. The first-order valence-corrected chi connectivity index (χ1v) is 13.5. The number of nitrogens with zero attached hydrogens (tertiary/aromatic N) is 3. The average Bonchev–Trinajstić information content (AvgIpc) is 3.48. The van der Waals surface area contributed by atoms with Crippen LogP contribution >= 0.6 is 0 Å². The van der Waals surface area contributed by atoms with Crippen LogP contribution in [0.2, 0.25) is 0 Å². The summed E-state index contributed by atoms with van der Waals surface area (Å²) in [7, 11) is 1.60. The van der Waals surface area contributed by atoms with Crippen molar-refractivity contribution in [2.24, 2.45) is 5.92 Å². The van der Waals surface area contributed by atoms with Crippen molar-refractivity contribution in [3.63, 3.8) is 0 Å². The van der Waals surface area contributed by atoms with Crippen LogP contribution in [0.15, 0.2) is 48.5 Å². The molecule has 9 nitrogen and oxygen atoms in total. The fourth-order valence-electron chi connectivity index (χ4n) is 5.04. The molecule has 2 N–H and O–H groups in total. The molecule has 0 atom stereocenters. The third kappa shape index (κ3) is 7.47. The quantitative estimate of drug-likeness (QED) is 0.521. The van der Waals surface area contributed by atoms with Gasteiger partial charge in [-0.1, -0.05) is 30.5 Å². The second-order valence-electron chi connectivity index (χ2n) is 10.1. The number of carbonyl (C=O) groups excluding carboxylic acids is 3. The van der Waals surface area contributed by atoms with Gasteiger partial charge in [0.1, 0.15) is 0 Å². The summed E-state index contributed by atoms with van der Waals surface area (Å²) in [6.07, 6.45) is 3.94. The lowest BCUT2D eigenvalue weighted by Crippen LogP contribution is -2.50. The Morgan fingerprint density at radius 1 is 0.895 bits per heavy atom. The first-order valence-electron chi connectivity index (χ1n) is 13.5. The van der Waals surface area contributed by atoms with Crippen LogP contribution in [-0.2, 0) is 14.3 Å². The Kier molecular flexibility index (Phi) is 9.59. The Labute approximate surface area is 225 Å². The minimum Gasteiger partial charge on any atom is -0.383 e. The van der Waals surface area contributed by atoms with Crippen LogP contribution in [0.3, 0.4) is 0 Å². The lowest BCUT2D eigenvalue weighted by molar-refractivity contribution is -0.138. The lowest BCUT2D eigenvalue weighted by Gasteiger charge is -2.36.